The van der Waals surface area contributed by atoms with Crippen LogP contribution in [0.3, 0.4) is 0 Å². The van der Waals surface area contributed by atoms with E-state index >= 15 is 0 Å². The second kappa shape index (κ2) is 8.99. The molecule has 174 valence electrons. The van der Waals surface area contributed by atoms with Gasteiger partial charge in [0.1, 0.15) is 0 Å². The Bertz CT molecular complexity index is 1340. The number of hydrogen-bond donors (Lipinski definition) is 2. The van der Waals surface area contributed by atoms with E-state index in [1.807, 2.05) is 12.1 Å². The predicted octanol–water partition coefficient (Wildman–Crippen LogP) is 3.40. The zero-order valence-corrected chi connectivity index (χ0v) is 19.7. The average Bonchev–Trinajstić information content (AvgIpc) is 3.16. The van der Waals surface area contributed by atoms with Gasteiger partial charge in [0.25, 0.3) is 5.91 Å². The number of benzene rings is 2. The summed E-state index contributed by atoms with van der Waals surface area (Å²) in [6, 6.07) is 9.98. The molecule has 0 saturated carbocycles. The number of nitrogens with one attached hydrogen (secondary N) is 2. The van der Waals surface area contributed by atoms with Gasteiger partial charge in [0, 0.05) is 36.4 Å². The van der Waals surface area contributed by atoms with E-state index in [0.717, 1.165) is 40.9 Å². The summed E-state index contributed by atoms with van der Waals surface area (Å²) in [5, 5.41) is 3.62. The molecule has 2 aromatic carbocycles. The molecule has 1 heterocycles. The van der Waals surface area contributed by atoms with E-state index in [-0.39, 0.29) is 4.90 Å². The number of aromatic nitrogens is 1. The smallest absolute Gasteiger partial charge is 0.338 e. The Hall–Kier alpha value is -3.17. The number of esters is 1. The number of hydrogen-bond acceptors (Lipinski definition) is 5. The third-order valence-corrected chi connectivity index (χ3v) is 7.86. The van der Waals surface area contributed by atoms with Crippen molar-refractivity contribution in [2.45, 2.75) is 37.5 Å². The van der Waals surface area contributed by atoms with E-state index < -0.39 is 28.5 Å². The van der Waals surface area contributed by atoms with Crippen LogP contribution in [0.2, 0.25) is 0 Å². The Kier molecular flexibility index (Phi) is 6.27. The number of rotatable bonds is 6. The second-order valence-corrected chi connectivity index (χ2v) is 10.6. The predicted molar refractivity (Wildman–Crippen MR) is 126 cm³/mol. The quantitative estimate of drug-likeness (QED) is 0.538. The number of carbonyl (C=O) groups excluding carboxylic acids is 2. The van der Waals surface area contributed by atoms with Crippen LogP contribution in [0.5, 0.6) is 0 Å². The highest BCUT2D eigenvalue weighted by atomic mass is 32.2. The van der Waals surface area contributed by atoms with Gasteiger partial charge in [0.05, 0.1) is 10.5 Å². The average molecular weight is 470 g/mol. The maximum atomic E-state index is 12.5. The topological polar surface area (TPSA) is 109 Å². The lowest BCUT2D eigenvalue weighted by Gasteiger charge is -2.15. The summed E-state index contributed by atoms with van der Waals surface area (Å²) in [6.45, 7) is 1.20. The van der Waals surface area contributed by atoms with Gasteiger partial charge in [-0.3, -0.25) is 4.79 Å². The van der Waals surface area contributed by atoms with Gasteiger partial charge >= 0.3 is 5.97 Å². The van der Waals surface area contributed by atoms with Crippen LogP contribution in [-0.4, -0.2) is 50.3 Å². The summed E-state index contributed by atoms with van der Waals surface area (Å²) in [5.74, 6) is -1.14. The van der Waals surface area contributed by atoms with E-state index in [2.05, 4.69) is 10.3 Å². The molecule has 1 aliphatic carbocycles. The number of aryl methyl sites for hydroxylation is 3. The van der Waals surface area contributed by atoms with E-state index in [1.165, 1.54) is 31.4 Å². The number of carbonyl (C=O) groups is 2. The van der Waals surface area contributed by atoms with Gasteiger partial charge in [-0.2, -0.15) is 0 Å². The van der Waals surface area contributed by atoms with Gasteiger partial charge in [0.15, 0.2) is 6.61 Å². The van der Waals surface area contributed by atoms with E-state index in [9.17, 15) is 18.0 Å². The zero-order chi connectivity index (χ0) is 23.8. The van der Waals surface area contributed by atoms with Crippen LogP contribution >= 0.6 is 0 Å². The fourth-order valence-corrected chi connectivity index (χ4v) is 5.24. The van der Waals surface area contributed by atoms with Crippen LogP contribution in [0.1, 0.15) is 40.0 Å². The molecule has 1 amide bonds. The number of amides is 1. The molecule has 1 aromatic heterocycles. The van der Waals surface area contributed by atoms with Crippen molar-refractivity contribution in [1.29, 1.82) is 0 Å². The number of anilines is 1. The molecule has 0 fully saturated rings. The maximum Gasteiger partial charge on any atom is 0.338 e. The monoisotopic (exact) mass is 469 g/mol. The van der Waals surface area contributed by atoms with Crippen molar-refractivity contribution < 1.29 is 22.7 Å². The second-order valence-electron chi connectivity index (χ2n) is 8.44. The molecule has 4 rings (SSSR count). The molecule has 0 bridgehead atoms. The Morgan fingerprint density at radius 1 is 1.09 bits per heavy atom. The molecular weight excluding hydrogens is 442 g/mol. The third-order valence-electron chi connectivity index (χ3n) is 5.90. The SMILES string of the molecule is Cc1ccc(NC(=O)COC(=O)c2ccc3[nH]c4c(c3c2)CCCC4)cc1S(=O)(=O)N(C)C. The van der Waals surface area contributed by atoms with Crippen LogP contribution < -0.4 is 5.32 Å². The first-order valence-corrected chi connectivity index (χ1v) is 12.2. The molecule has 0 aliphatic heterocycles. The summed E-state index contributed by atoms with van der Waals surface area (Å²) < 4.78 is 31.3. The number of ether oxygens (including phenoxy) is 1. The highest BCUT2D eigenvalue weighted by Crippen LogP contribution is 2.30. The molecule has 0 unspecified atom stereocenters. The number of nitrogens with zero attached hydrogens (tertiary/aromatic N) is 1. The minimum Gasteiger partial charge on any atom is -0.452 e. The first-order chi connectivity index (χ1) is 15.7. The highest BCUT2D eigenvalue weighted by Gasteiger charge is 2.21. The van der Waals surface area contributed by atoms with Gasteiger partial charge in [-0.1, -0.05) is 6.07 Å². The van der Waals surface area contributed by atoms with E-state index in [0.29, 0.717) is 16.8 Å². The van der Waals surface area contributed by atoms with E-state index in [1.54, 1.807) is 25.1 Å². The van der Waals surface area contributed by atoms with Crippen molar-refractivity contribution in [3.63, 3.8) is 0 Å². The first-order valence-electron chi connectivity index (χ1n) is 10.8. The first kappa shape index (κ1) is 23.0. The molecule has 0 saturated heterocycles. The largest absolute Gasteiger partial charge is 0.452 e. The molecule has 0 atom stereocenters. The van der Waals surface area contributed by atoms with Gasteiger partial charge in [-0.15, -0.1) is 0 Å². The number of fused-ring (bicyclic) bond motifs is 3. The third kappa shape index (κ3) is 4.65. The lowest BCUT2D eigenvalue weighted by Crippen LogP contribution is -2.24. The standard InChI is InChI=1S/C24H27N3O5S/c1-15-8-10-17(13-22(15)33(30,31)27(2)3)25-23(28)14-32-24(29)16-9-11-21-19(12-16)18-6-4-5-7-20(18)26-21/h8-13,26H,4-7,14H2,1-3H3,(H,25,28). The van der Waals surface area contributed by atoms with Crippen LogP contribution in [0.15, 0.2) is 41.3 Å². The molecule has 3 aromatic rings. The van der Waals surface area contributed by atoms with Crippen LogP contribution in [0, 0.1) is 6.92 Å². The number of sulfonamides is 1. The molecular formula is C24H27N3O5S. The summed E-state index contributed by atoms with van der Waals surface area (Å²) in [6.07, 6.45) is 4.29. The highest BCUT2D eigenvalue weighted by molar-refractivity contribution is 7.89. The fourth-order valence-electron chi connectivity index (χ4n) is 4.10. The minimum absolute atomic E-state index is 0.102. The number of aromatic amines is 1. The summed E-state index contributed by atoms with van der Waals surface area (Å²) in [5.41, 5.74) is 4.75. The Morgan fingerprint density at radius 3 is 2.61 bits per heavy atom. The number of H-pyrrole nitrogens is 1. The molecule has 2 N–H and O–H groups in total. The lowest BCUT2D eigenvalue weighted by atomic mass is 9.95. The van der Waals surface area contributed by atoms with Crippen molar-refractivity contribution in [2.24, 2.45) is 0 Å². The molecule has 8 nitrogen and oxygen atoms in total. The van der Waals surface area contributed by atoms with Crippen LogP contribution in [0.4, 0.5) is 5.69 Å². The van der Waals surface area contributed by atoms with Crippen molar-refractivity contribution in [1.82, 2.24) is 9.29 Å². The van der Waals surface area contributed by atoms with Crippen LogP contribution in [0.25, 0.3) is 10.9 Å². The Labute approximate surface area is 193 Å². The van der Waals surface area contributed by atoms with Crippen LogP contribution in [-0.2, 0) is 32.4 Å². The molecule has 9 heteroatoms. The summed E-state index contributed by atoms with van der Waals surface area (Å²) >= 11 is 0. The zero-order valence-electron chi connectivity index (χ0n) is 18.9. The molecule has 1 aliphatic rings. The van der Waals surface area contributed by atoms with Gasteiger partial charge in [0.2, 0.25) is 10.0 Å². The molecule has 0 radical (unpaired) electrons. The fraction of sp³-hybridized carbons (Fsp3) is 0.333. The lowest BCUT2D eigenvalue weighted by molar-refractivity contribution is -0.119. The van der Waals surface area contributed by atoms with Crippen molar-refractivity contribution in [3.05, 3.63) is 58.8 Å². The summed E-state index contributed by atoms with van der Waals surface area (Å²) in [4.78, 5) is 28.4. The van der Waals surface area contributed by atoms with Gasteiger partial charge < -0.3 is 15.0 Å². The Morgan fingerprint density at radius 2 is 1.85 bits per heavy atom. The normalized spacial score (nSPS) is 13.7. The van der Waals surface area contributed by atoms with Crippen molar-refractivity contribution in [3.8, 4) is 0 Å². The summed E-state index contributed by atoms with van der Waals surface area (Å²) in [7, 11) is -0.764. The van der Waals surface area contributed by atoms with Crippen molar-refractivity contribution >= 4 is 38.5 Å². The van der Waals surface area contributed by atoms with Gasteiger partial charge in [-0.05, 0) is 74.1 Å². The molecule has 0 spiro atoms. The maximum absolute atomic E-state index is 12.5. The Balaban J connectivity index is 1.43. The molecule has 33 heavy (non-hydrogen) atoms. The van der Waals surface area contributed by atoms with Gasteiger partial charge in [-0.25, -0.2) is 17.5 Å². The van der Waals surface area contributed by atoms with Crippen molar-refractivity contribution in [2.75, 3.05) is 26.0 Å². The minimum atomic E-state index is -3.65. The van der Waals surface area contributed by atoms with E-state index in [4.69, 9.17) is 4.74 Å².